The first-order valence-corrected chi connectivity index (χ1v) is 10.3. The Morgan fingerprint density at radius 3 is 2.67 bits per heavy atom. The quantitative estimate of drug-likeness (QED) is 0.526. The van der Waals surface area contributed by atoms with Crippen LogP contribution in [-0.2, 0) is 22.4 Å². The van der Waals surface area contributed by atoms with Crippen LogP contribution >= 0.6 is 11.6 Å². The van der Waals surface area contributed by atoms with Gasteiger partial charge in [-0.1, -0.05) is 23.7 Å². The second kappa shape index (κ2) is 8.76. The molecular formula is C24H23ClN2O3. The number of carbonyl (C=O) groups excluding carboxylic acids is 1. The zero-order valence-corrected chi connectivity index (χ0v) is 17.7. The Bertz CT molecular complexity index is 1070. The minimum absolute atomic E-state index is 0.405. The zero-order valence-electron chi connectivity index (χ0n) is 16.9. The number of anilines is 2. The largest absolute Gasteiger partial charge is 0.479 e. The molecule has 0 spiro atoms. The van der Waals surface area contributed by atoms with E-state index in [1.165, 1.54) is 12.7 Å². The van der Waals surface area contributed by atoms with Gasteiger partial charge in [0, 0.05) is 27.7 Å². The molecule has 1 aromatic heterocycles. The summed E-state index contributed by atoms with van der Waals surface area (Å²) in [6, 6.07) is 17.4. The Morgan fingerprint density at radius 2 is 1.93 bits per heavy atom. The molecule has 0 amide bonds. The number of esters is 1. The molecule has 0 radical (unpaired) electrons. The fourth-order valence-corrected chi connectivity index (χ4v) is 3.83. The Labute approximate surface area is 181 Å². The molecule has 0 bridgehead atoms. The van der Waals surface area contributed by atoms with Crippen molar-refractivity contribution in [1.29, 1.82) is 0 Å². The number of methoxy groups -OCH3 is 1. The molecule has 1 aliphatic rings. The number of fused-ring (bicyclic) bond motifs is 1. The van der Waals surface area contributed by atoms with Crippen molar-refractivity contribution in [3.8, 4) is 17.0 Å². The maximum absolute atomic E-state index is 11.5. The molecule has 0 fully saturated rings. The SMILES string of the molecule is COC(=O)C(C)Oc1ccc(Nc2cc(-c3cccc(Cl)c3)nc3c2CCC3)cc1. The highest BCUT2D eigenvalue weighted by molar-refractivity contribution is 6.30. The van der Waals surface area contributed by atoms with E-state index in [0.717, 1.165) is 47.6 Å². The first-order valence-electron chi connectivity index (χ1n) is 9.94. The van der Waals surface area contributed by atoms with E-state index in [0.29, 0.717) is 10.8 Å². The van der Waals surface area contributed by atoms with Gasteiger partial charge < -0.3 is 14.8 Å². The summed E-state index contributed by atoms with van der Waals surface area (Å²) in [5.41, 5.74) is 6.31. The van der Waals surface area contributed by atoms with E-state index >= 15 is 0 Å². The first-order chi connectivity index (χ1) is 14.5. The van der Waals surface area contributed by atoms with E-state index in [-0.39, 0.29) is 0 Å². The summed E-state index contributed by atoms with van der Waals surface area (Å²) in [7, 11) is 1.35. The van der Waals surface area contributed by atoms with E-state index in [1.54, 1.807) is 6.92 Å². The summed E-state index contributed by atoms with van der Waals surface area (Å²) in [6.45, 7) is 1.66. The number of ether oxygens (including phenoxy) is 2. The third-order valence-electron chi connectivity index (χ3n) is 5.15. The number of benzene rings is 2. The second-order valence-corrected chi connectivity index (χ2v) is 7.71. The number of pyridine rings is 1. The van der Waals surface area contributed by atoms with Gasteiger partial charge in [-0.05, 0) is 74.2 Å². The molecule has 1 N–H and O–H groups in total. The molecule has 1 heterocycles. The fourth-order valence-electron chi connectivity index (χ4n) is 3.64. The summed E-state index contributed by atoms with van der Waals surface area (Å²) in [4.78, 5) is 16.4. The number of carbonyl (C=O) groups is 1. The van der Waals surface area contributed by atoms with E-state index in [4.69, 9.17) is 26.1 Å². The van der Waals surface area contributed by atoms with Crippen LogP contribution in [-0.4, -0.2) is 24.2 Å². The number of hydrogen-bond donors (Lipinski definition) is 1. The van der Waals surface area contributed by atoms with Crippen LogP contribution in [0.25, 0.3) is 11.3 Å². The van der Waals surface area contributed by atoms with Crippen LogP contribution in [0.4, 0.5) is 11.4 Å². The minimum atomic E-state index is -0.655. The van der Waals surface area contributed by atoms with Gasteiger partial charge in [-0.3, -0.25) is 4.98 Å². The van der Waals surface area contributed by atoms with Crippen molar-refractivity contribution in [1.82, 2.24) is 4.98 Å². The molecule has 1 unspecified atom stereocenters. The Kier molecular flexibility index (Phi) is 5.91. The molecule has 6 heteroatoms. The lowest BCUT2D eigenvalue weighted by Gasteiger charge is -2.15. The van der Waals surface area contributed by atoms with Crippen LogP contribution in [0.2, 0.25) is 5.02 Å². The fraction of sp³-hybridized carbons (Fsp3) is 0.250. The van der Waals surface area contributed by atoms with Crippen molar-refractivity contribution < 1.29 is 14.3 Å². The van der Waals surface area contributed by atoms with Crippen molar-refractivity contribution >= 4 is 28.9 Å². The minimum Gasteiger partial charge on any atom is -0.479 e. The number of nitrogens with zero attached hydrogens (tertiary/aromatic N) is 1. The van der Waals surface area contributed by atoms with Gasteiger partial charge in [0.1, 0.15) is 5.75 Å². The number of aryl methyl sites for hydroxylation is 1. The third kappa shape index (κ3) is 4.41. The van der Waals surface area contributed by atoms with Gasteiger partial charge in [0.25, 0.3) is 0 Å². The average Bonchev–Trinajstić information content (AvgIpc) is 3.23. The summed E-state index contributed by atoms with van der Waals surface area (Å²) in [5.74, 6) is 0.205. The highest BCUT2D eigenvalue weighted by atomic mass is 35.5. The van der Waals surface area contributed by atoms with Crippen LogP contribution < -0.4 is 10.1 Å². The number of hydrogen-bond acceptors (Lipinski definition) is 5. The lowest BCUT2D eigenvalue weighted by atomic mass is 10.1. The van der Waals surface area contributed by atoms with Crippen molar-refractivity contribution in [3.05, 3.63) is 70.9 Å². The third-order valence-corrected chi connectivity index (χ3v) is 5.39. The van der Waals surface area contributed by atoms with E-state index in [9.17, 15) is 4.79 Å². The number of nitrogens with one attached hydrogen (secondary N) is 1. The maximum atomic E-state index is 11.5. The van der Waals surface area contributed by atoms with Crippen LogP contribution in [0, 0.1) is 0 Å². The van der Waals surface area contributed by atoms with Crippen LogP contribution in [0.3, 0.4) is 0 Å². The van der Waals surface area contributed by atoms with Gasteiger partial charge in [0.2, 0.25) is 0 Å². The Morgan fingerprint density at radius 1 is 1.13 bits per heavy atom. The highest BCUT2D eigenvalue weighted by Crippen LogP contribution is 2.34. The van der Waals surface area contributed by atoms with Gasteiger partial charge in [-0.25, -0.2) is 4.79 Å². The predicted molar refractivity (Wildman–Crippen MR) is 119 cm³/mol. The Balaban J connectivity index is 1.58. The van der Waals surface area contributed by atoms with Crippen LogP contribution in [0.5, 0.6) is 5.75 Å². The number of rotatable bonds is 6. The van der Waals surface area contributed by atoms with Crippen LogP contribution in [0.15, 0.2) is 54.6 Å². The molecule has 2 aromatic carbocycles. The molecule has 154 valence electrons. The molecule has 0 saturated heterocycles. The molecule has 0 saturated carbocycles. The number of halogens is 1. The predicted octanol–water partition coefficient (Wildman–Crippen LogP) is 5.57. The van der Waals surface area contributed by atoms with Gasteiger partial charge in [-0.15, -0.1) is 0 Å². The molecule has 5 nitrogen and oxygen atoms in total. The van der Waals surface area contributed by atoms with E-state index in [1.807, 2.05) is 48.5 Å². The normalized spacial score (nSPS) is 13.4. The van der Waals surface area contributed by atoms with Gasteiger partial charge in [0.15, 0.2) is 6.10 Å². The average molecular weight is 423 g/mol. The molecule has 1 atom stereocenters. The monoisotopic (exact) mass is 422 g/mol. The van der Waals surface area contributed by atoms with Gasteiger partial charge in [-0.2, -0.15) is 0 Å². The van der Waals surface area contributed by atoms with Gasteiger partial charge in [0.05, 0.1) is 12.8 Å². The summed E-state index contributed by atoms with van der Waals surface area (Å²) >= 11 is 6.18. The van der Waals surface area contributed by atoms with Crippen molar-refractivity contribution in [3.63, 3.8) is 0 Å². The molecular weight excluding hydrogens is 400 g/mol. The van der Waals surface area contributed by atoms with Crippen LogP contribution in [0.1, 0.15) is 24.6 Å². The standard InChI is InChI=1S/C24H23ClN2O3/c1-15(24(28)29-2)30-19-11-9-18(10-12-19)26-23-14-22(16-5-3-6-17(25)13-16)27-21-8-4-7-20(21)23/h3,5-6,9-15H,4,7-8H2,1-2H3,(H,26,27). The first kappa shape index (κ1) is 20.2. The molecule has 4 rings (SSSR count). The molecule has 1 aliphatic carbocycles. The molecule has 3 aromatic rings. The van der Waals surface area contributed by atoms with Crippen molar-refractivity contribution in [2.45, 2.75) is 32.3 Å². The second-order valence-electron chi connectivity index (χ2n) is 7.28. The Hall–Kier alpha value is -3.05. The lowest BCUT2D eigenvalue weighted by Crippen LogP contribution is -2.24. The number of aromatic nitrogens is 1. The van der Waals surface area contributed by atoms with Crippen molar-refractivity contribution in [2.24, 2.45) is 0 Å². The topological polar surface area (TPSA) is 60.5 Å². The highest BCUT2D eigenvalue weighted by Gasteiger charge is 2.19. The smallest absolute Gasteiger partial charge is 0.346 e. The zero-order chi connectivity index (χ0) is 21.1. The molecule has 0 aliphatic heterocycles. The summed E-state index contributed by atoms with van der Waals surface area (Å²) in [6.07, 6.45) is 2.45. The van der Waals surface area contributed by atoms with Crippen molar-refractivity contribution in [2.75, 3.05) is 12.4 Å². The maximum Gasteiger partial charge on any atom is 0.346 e. The summed E-state index contributed by atoms with van der Waals surface area (Å²) in [5, 5.41) is 4.22. The molecule has 30 heavy (non-hydrogen) atoms. The van der Waals surface area contributed by atoms with Gasteiger partial charge >= 0.3 is 5.97 Å². The summed E-state index contributed by atoms with van der Waals surface area (Å²) < 4.78 is 10.3. The van der Waals surface area contributed by atoms with E-state index in [2.05, 4.69) is 11.4 Å². The lowest BCUT2D eigenvalue weighted by molar-refractivity contribution is -0.147. The van der Waals surface area contributed by atoms with E-state index < -0.39 is 12.1 Å².